The topological polar surface area (TPSA) is 49.4 Å². The van der Waals surface area contributed by atoms with E-state index in [1.165, 1.54) is 4.90 Å². The smallest absolute Gasteiger partial charge is 0.218 e. The number of aldehydes is 1. The van der Waals surface area contributed by atoms with Gasteiger partial charge < -0.3 is 5.32 Å². The summed E-state index contributed by atoms with van der Waals surface area (Å²) >= 11 is 12.4. The molecule has 4 nitrogen and oxygen atoms in total. The fourth-order valence-electron chi connectivity index (χ4n) is 2.47. The van der Waals surface area contributed by atoms with Crippen molar-refractivity contribution >= 4 is 35.9 Å². The summed E-state index contributed by atoms with van der Waals surface area (Å²) in [6.45, 7) is 0. The van der Waals surface area contributed by atoms with E-state index in [9.17, 15) is 9.59 Å². The minimum absolute atomic E-state index is 0.267. The first-order valence-corrected chi connectivity index (χ1v) is 6.80. The Morgan fingerprint density at radius 3 is 2.90 bits per heavy atom. The van der Waals surface area contributed by atoms with Crippen LogP contribution in [0.25, 0.3) is 0 Å². The monoisotopic (exact) mass is 308 g/mol. The van der Waals surface area contributed by atoms with Gasteiger partial charge in [-0.05, 0) is 24.1 Å². The lowest BCUT2D eigenvalue weighted by atomic mass is 9.88. The molecule has 102 valence electrons. The quantitative estimate of drug-likeness (QED) is 0.484. The van der Waals surface area contributed by atoms with Crippen LogP contribution in [0.1, 0.15) is 6.42 Å². The third kappa shape index (κ3) is 1.92. The standard InChI is InChI=1S/C14H10Cl2N2O2/c15-11-5-12-9(2-1-3-18(12)7-20)13-10(11)4-8(6-19)14(16)17-13/h1,3-7,11,17H,2H2. The van der Waals surface area contributed by atoms with Gasteiger partial charge in [-0.1, -0.05) is 17.7 Å². The number of halogens is 2. The molecular weight excluding hydrogens is 299 g/mol. The van der Waals surface area contributed by atoms with Gasteiger partial charge in [0.25, 0.3) is 0 Å². The summed E-state index contributed by atoms with van der Waals surface area (Å²) in [5.74, 6) is 0. The number of dihydropyridines is 1. The molecule has 0 saturated carbocycles. The van der Waals surface area contributed by atoms with E-state index in [0.29, 0.717) is 18.3 Å². The number of hydrogen-bond donors (Lipinski definition) is 1. The van der Waals surface area contributed by atoms with Crippen LogP contribution in [0.3, 0.4) is 0 Å². The summed E-state index contributed by atoms with van der Waals surface area (Å²) in [6, 6.07) is 0. The predicted molar refractivity (Wildman–Crippen MR) is 76.6 cm³/mol. The number of carbonyl (C=O) groups is 2. The van der Waals surface area contributed by atoms with Gasteiger partial charge in [-0.15, -0.1) is 11.6 Å². The first-order valence-electron chi connectivity index (χ1n) is 5.99. The molecule has 0 saturated heterocycles. The number of amides is 1. The molecule has 0 radical (unpaired) electrons. The lowest BCUT2D eigenvalue weighted by Crippen LogP contribution is -2.31. The first-order chi connectivity index (χ1) is 9.65. The van der Waals surface area contributed by atoms with Crippen molar-refractivity contribution in [3.63, 3.8) is 0 Å². The molecule has 0 aromatic heterocycles. The number of nitrogens with one attached hydrogen (secondary N) is 1. The van der Waals surface area contributed by atoms with E-state index in [1.807, 2.05) is 6.08 Å². The van der Waals surface area contributed by atoms with Crippen LogP contribution in [0.5, 0.6) is 0 Å². The fraction of sp³-hybridized carbons (Fsp3) is 0.143. The van der Waals surface area contributed by atoms with Crippen molar-refractivity contribution in [3.8, 4) is 0 Å². The van der Waals surface area contributed by atoms with Crippen molar-refractivity contribution in [1.82, 2.24) is 10.2 Å². The van der Waals surface area contributed by atoms with Crippen molar-refractivity contribution < 1.29 is 9.59 Å². The maximum absolute atomic E-state index is 11.1. The molecule has 0 bridgehead atoms. The normalized spacial score (nSPS) is 24.5. The highest BCUT2D eigenvalue weighted by Crippen LogP contribution is 2.39. The highest BCUT2D eigenvalue weighted by atomic mass is 35.5. The number of fused-ring (bicyclic) bond motifs is 2. The number of rotatable bonds is 2. The lowest BCUT2D eigenvalue weighted by Gasteiger charge is -2.34. The van der Waals surface area contributed by atoms with Crippen LogP contribution >= 0.6 is 23.2 Å². The molecule has 20 heavy (non-hydrogen) atoms. The number of hydrogen-bond acceptors (Lipinski definition) is 3. The van der Waals surface area contributed by atoms with Crippen molar-refractivity contribution in [3.05, 3.63) is 57.7 Å². The minimum Gasteiger partial charge on any atom is -0.345 e. The average Bonchev–Trinajstić information content (AvgIpc) is 2.46. The van der Waals surface area contributed by atoms with Crippen LogP contribution < -0.4 is 5.32 Å². The molecule has 2 heterocycles. The summed E-state index contributed by atoms with van der Waals surface area (Å²) in [5.41, 5.74) is 3.62. The SMILES string of the molecule is O=CC1=C(Cl)NC2=C3CC=CN(C=O)C3=CC(Cl)C2=C1. The van der Waals surface area contributed by atoms with E-state index in [4.69, 9.17) is 23.2 Å². The summed E-state index contributed by atoms with van der Waals surface area (Å²) < 4.78 is 0. The Bertz CT molecular complexity index is 656. The average molecular weight is 309 g/mol. The molecular formula is C14H10Cl2N2O2. The second-order valence-corrected chi connectivity index (χ2v) is 5.37. The van der Waals surface area contributed by atoms with E-state index >= 15 is 0 Å². The van der Waals surface area contributed by atoms with Crippen molar-refractivity contribution in [2.45, 2.75) is 11.8 Å². The number of alkyl halides is 1. The van der Waals surface area contributed by atoms with E-state index in [1.54, 1.807) is 18.4 Å². The Morgan fingerprint density at radius 2 is 2.20 bits per heavy atom. The molecule has 0 aromatic rings. The molecule has 1 atom stereocenters. The molecule has 1 N–H and O–H groups in total. The summed E-state index contributed by atoms with van der Waals surface area (Å²) in [6.07, 6.45) is 9.16. The maximum Gasteiger partial charge on any atom is 0.218 e. The Hall–Kier alpha value is -1.78. The van der Waals surface area contributed by atoms with Crippen LogP contribution in [-0.2, 0) is 9.59 Å². The van der Waals surface area contributed by atoms with Crippen molar-refractivity contribution in [2.75, 3.05) is 0 Å². The lowest BCUT2D eigenvalue weighted by molar-refractivity contribution is -0.114. The second kappa shape index (κ2) is 4.96. The zero-order valence-corrected chi connectivity index (χ0v) is 11.8. The third-order valence-electron chi connectivity index (χ3n) is 3.41. The van der Waals surface area contributed by atoms with Gasteiger partial charge in [0.2, 0.25) is 6.41 Å². The van der Waals surface area contributed by atoms with Crippen LogP contribution in [0.2, 0.25) is 0 Å². The van der Waals surface area contributed by atoms with Crippen LogP contribution in [0, 0.1) is 0 Å². The minimum atomic E-state index is -0.426. The van der Waals surface area contributed by atoms with Gasteiger partial charge in [0.1, 0.15) is 5.16 Å². The molecule has 0 aromatic carbocycles. The van der Waals surface area contributed by atoms with E-state index in [0.717, 1.165) is 29.0 Å². The van der Waals surface area contributed by atoms with E-state index < -0.39 is 5.38 Å². The molecule has 3 aliphatic rings. The summed E-state index contributed by atoms with van der Waals surface area (Å²) in [4.78, 5) is 23.5. The van der Waals surface area contributed by atoms with E-state index in [-0.39, 0.29) is 5.16 Å². The molecule has 1 amide bonds. The predicted octanol–water partition coefficient (Wildman–Crippen LogP) is 2.30. The number of carbonyl (C=O) groups excluding carboxylic acids is 2. The van der Waals surface area contributed by atoms with E-state index in [2.05, 4.69) is 5.32 Å². The van der Waals surface area contributed by atoms with Crippen molar-refractivity contribution in [1.29, 1.82) is 0 Å². The first kappa shape index (κ1) is 13.2. The molecule has 0 fully saturated rings. The Kier molecular flexibility index (Phi) is 3.28. The van der Waals surface area contributed by atoms with Crippen LogP contribution in [0.15, 0.2) is 57.7 Å². The molecule has 1 aliphatic carbocycles. The molecule has 6 heteroatoms. The largest absolute Gasteiger partial charge is 0.345 e. The zero-order valence-electron chi connectivity index (χ0n) is 10.3. The maximum atomic E-state index is 11.1. The third-order valence-corrected chi connectivity index (χ3v) is 4.08. The van der Waals surface area contributed by atoms with Gasteiger partial charge in [-0.25, -0.2) is 0 Å². The Labute approximate surface area is 125 Å². The molecule has 0 spiro atoms. The van der Waals surface area contributed by atoms with Crippen molar-refractivity contribution in [2.24, 2.45) is 0 Å². The Morgan fingerprint density at radius 1 is 1.40 bits per heavy atom. The molecule has 2 aliphatic heterocycles. The highest BCUT2D eigenvalue weighted by molar-refractivity contribution is 6.31. The highest BCUT2D eigenvalue weighted by Gasteiger charge is 2.31. The van der Waals surface area contributed by atoms with Gasteiger partial charge in [-0.3, -0.25) is 14.5 Å². The second-order valence-electron chi connectivity index (χ2n) is 4.52. The zero-order chi connectivity index (χ0) is 14.3. The van der Waals surface area contributed by atoms with Crippen LogP contribution in [-0.4, -0.2) is 23.0 Å². The van der Waals surface area contributed by atoms with Gasteiger partial charge >= 0.3 is 0 Å². The van der Waals surface area contributed by atoms with Crippen LogP contribution in [0.4, 0.5) is 0 Å². The summed E-state index contributed by atoms with van der Waals surface area (Å²) in [7, 11) is 0. The number of nitrogens with zero attached hydrogens (tertiary/aromatic N) is 1. The van der Waals surface area contributed by atoms with Gasteiger partial charge in [0, 0.05) is 17.5 Å². The van der Waals surface area contributed by atoms with Gasteiger partial charge in [0.15, 0.2) is 6.29 Å². The number of allylic oxidation sites excluding steroid dienone is 6. The Balaban J connectivity index is 2.15. The molecule has 3 rings (SSSR count). The fourth-order valence-corrected chi connectivity index (χ4v) is 2.96. The molecule has 1 unspecified atom stereocenters. The van der Waals surface area contributed by atoms with Gasteiger partial charge in [-0.2, -0.15) is 0 Å². The summed E-state index contributed by atoms with van der Waals surface area (Å²) in [5, 5.41) is 2.86. The van der Waals surface area contributed by atoms with Gasteiger partial charge in [0.05, 0.1) is 16.6 Å².